The molecular weight excluding hydrogens is 266 g/mol. The number of alkyl halides is 2. The Bertz CT molecular complexity index is 556. The maximum atomic E-state index is 12.9. The number of rotatable bonds is 4. The van der Waals surface area contributed by atoms with Crippen molar-refractivity contribution < 1.29 is 8.78 Å². The predicted molar refractivity (Wildman–Crippen MR) is 77.3 cm³/mol. The van der Waals surface area contributed by atoms with Crippen molar-refractivity contribution in [3.63, 3.8) is 0 Å². The van der Waals surface area contributed by atoms with E-state index in [-0.39, 0.29) is 5.56 Å². The second kappa shape index (κ2) is 5.93. The van der Waals surface area contributed by atoms with Crippen LogP contribution in [0.15, 0.2) is 47.4 Å². The molecule has 0 saturated heterocycles. The highest BCUT2D eigenvalue weighted by Gasteiger charge is 2.13. The van der Waals surface area contributed by atoms with E-state index in [1.165, 1.54) is 6.07 Å². The summed E-state index contributed by atoms with van der Waals surface area (Å²) >= 11 is 1.63. The maximum absolute atomic E-state index is 12.9. The molecule has 0 amide bonds. The van der Waals surface area contributed by atoms with Gasteiger partial charge in [0.15, 0.2) is 0 Å². The molecule has 0 aliphatic rings. The van der Waals surface area contributed by atoms with Gasteiger partial charge >= 0.3 is 0 Å². The van der Waals surface area contributed by atoms with Crippen LogP contribution in [0.4, 0.5) is 25.8 Å². The van der Waals surface area contributed by atoms with Crippen molar-refractivity contribution >= 4 is 28.8 Å². The second-order valence-electron chi connectivity index (χ2n) is 4.00. The fraction of sp³-hybridized carbons (Fsp3) is 0.143. The SMILES string of the molecule is CSc1ccc(Nc2ccc(N)cc2C(F)F)cc1. The lowest BCUT2D eigenvalue weighted by Gasteiger charge is -2.12. The number of nitrogen functional groups attached to an aromatic ring is 1. The van der Waals surface area contributed by atoms with Crippen LogP contribution in [0.1, 0.15) is 12.0 Å². The molecule has 100 valence electrons. The van der Waals surface area contributed by atoms with Gasteiger partial charge in [-0.15, -0.1) is 11.8 Å². The summed E-state index contributed by atoms with van der Waals surface area (Å²) in [4.78, 5) is 1.12. The van der Waals surface area contributed by atoms with Gasteiger partial charge in [0.05, 0.1) is 0 Å². The van der Waals surface area contributed by atoms with E-state index in [1.54, 1.807) is 23.9 Å². The third-order valence-electron chi connectivity index (χ3n) is 2.68. The summed E-state index contributed by atoms with van der Waals surface area (Å²) in [5.41, 5.74) is 6.92. The summed E-state index contributed by atoms with van der Waals surface area (Å²) in [5.74, 6) is 0. The van der Waals surface area contributed by atoms with Crippen LogP contribution in [0.2, 0.25) is 0 Å². The minimum atomic E-state index is -2.56. The van der Waals surface area contributed by atoms with Crippen LogP contribution in [0.3, 0.4) is 0 Å². The average Bonchev–Trinajstić information content (AvgIpc) is 2.41. The third kappa shape index (κ3) is 3.38. The van der Waals surface area contributed by atoms with E-state index < -0.39 is 6.43 Å². The van der Waals surface area contributed by atoms with Gasteiger partial charge in [0.25, 0.3) is 6.43 Å². The molecule has 2 rings (SSSR count). The summed E-state index contributed by atoms with van der Waals surface area (Å²) in [6.45, 7) is 0. The number of anilines is 3. The van der Waals surface area contributed by atoms with Gasteiger partial charge in [-0.05, 0) is 48.7 Å². The minimum absolute atomic E-state index is 0.0889. The Morgan fingerprint density at radius 2 is 1.79 bits per heavy atom. The van der Waals surface area contributed by atoms with E-state index in [0.717, 1.165) is 10.6 Å². The second-order valence-corrected chi connectivity index (χ2v) is 4.88. The fourth-order valence-electron chi connectivity index (χ4n) is 1.71. The maximum Gasteiger partial charge on any atom is 0.265 e. The number of hydrogen-bond donors (Lipinski definition) is 2. The number of halogens is 2. The molecule has 19 heavy (non-hydrogen) atoms. The molecular formula is C14H14F2N2S. The van der Waals surface area contributed by atoms with E-state index in [1.807, 2.05) is 30.5 Å². The van der Waals surface area contributed by atoms with E-state index in [2.05, 4.69) is 5.32 Å². The van der Waals surface area contributed by atoms with Crippen molar-refractivity contribution in [2.45, 2.75) is 11.3 Å². The highest BCUT2D eigenvalue weighted by atomic mass is 32.2. The molecule has 0 aliphatic carbocycles. The van der Waals surface area contributed by atoms with Crippen LogP contribution in [-0.4, -0.2) is 6.26 Å². The lowest BCUT2D eigenvalue weighted by molar-refractivity contribution is 0.152. The van der Waals surface area contributed by atoms with Crippen LogP contribution >= 0.6 is 11.8 Å². The molecule has 2 nitrogen and oxygen atoms in total. The van der Waals surface area contributed by atoms with Gasteiger partial charge in [-0.1, -0.05) is 0 Å². The van der Waals surface area contributed by atoms with Crippen molar-refractivity contribution in [2.24, 2.45) is 0 Å². The van der Waals surface area contributed by atoms with Crippen molar-refractivity contribution in [2.75, 3.05) is 17.3 Å². The summed E-state index contributed by atoms with van der Waals surface area (Å²) in [5, 5.41) is 2.99. The molecule has 0 heterocycles. The van der Waals surface area contributed by atoms with Crippen molar-refractivity contribution in [3.8, 4) is 0 Å². The molecule has 2 aromatic carbocycles. The van der Waals surface area contributed by atoms with Gasteiger partial charge in [0.1, 0.15) is 0 Å². The zero-order valence-electron chi connectivity index (χ0n) is 10.4. The fourth-order valence-corrected chi connectivity index (χ4v) is 2.11. The molecule has 0 aliphatic heterocycles. The Balaban J connectivity index is 2.26. The van der Waals surface area contributed by atoms with Gasteiger partial charge in [0.2, 0.25) is 0 Å². The molecule has 5 heteroatoms. The van der Waals surface area contributed by atoms with Crippen molar-refractivity contribution in [1.29, 1.82) is 0 Å². The van der Waals surface area contributed by atoms with Crippen LogP contribution in [0.25, 0.3) is 0 Å². The zero-order valence-corrected chi connectivity index (χ0v) is 11.2. The monoisotopic (exact) mass is 280 g/mol. The average molecular weight is 280 g/mol. The number of nitrogens with two attached hydrogens (primary N) is 1. The lowest BCUT2D eigenvalue weighted by atomic mass is 10.1. The molecule has 0 atom stereocenters. The van der Waals surface area contributed by atoms with E-state index >= 15 is 0 Å². The molecule has 0 aromatic heterocycles. The number of hydrogen-bond acceptors (Lipinski definition) is 3. The number of thioether (sulfide) groups is 1. The Hall–Kier alpha value is -1.75. The smallest absolute Gasteiger partial charge is 0.265 e. The first kappa shape index (κ1) is 13.7. The zero-order chi connectivity index (χ0) is 13.8. The lowest BCUT2D eigenvalue weighted by Crippen LogP contribution is -1.98. The first-order valence-electron chi connectivity index (χ1n) is 5.69. The normalized spacial score (nSPS) is 10.7. The number of nitrogens with one attached hydrogen (secondary N) is 1. The Morgan fingerprint density at radius 3 is 2.37 bits per heavy atom. The van der Waals surface area contributed by atoms with Crippen molar-refractivity contribution in [3.05, 3.63) is 48.0 Å². The molecule has 2 aromatic rings. The molecule has 0 spiro atoms. The molecule has 3 N–H and O–H groups in total. The van der Waals surface area contributed by atoms with Crippen LogP contribution in [0.5, 0.6) is 0 Å². The molecule has 0 saturated carbocycles. The highest BCUT2D eigenvalue weighted by molar-refractivity contribution is 7.98. The van der Waals surface area contributed by atoms with E-state index in [4.69, 9.17) is 5.73 Å². The highest BCUT2D eigenvalue weighted by Crippen LogP contribution is 2.31. The molecule has 0 bridgehead atoms. The Labute approximate surface area is 115 Å². The number of benzene rings is 2. The summed E-state index contributed by atoms with van der Waals surface area (Å²) in [6.07, 6.45) is -0.575. The topological polar surface area (TPSA) is 38.0 Å². The standard InChI is InChI=1S/C14H14F2N2S/c1-19-11-5-3-10(4-6-11)18-13-7-2-9(17)8-12(13)14(15)16/h2-8,14,18H,17H2,1H3. The van der Waals surface area contributed by atoms with Gasteiger partial charge < -0.3 is 11.1 Å². The predicted octanol–water partition coefficient (Wildman–Crippen LogP) is 4.67. The van der Waals surface area contributed by atoms with Gasteiger partial charge in [-0.3, -0.25) is 0 Å². The quantitative estimate of drug-likeness (QED) is 0.631. The first-order valence-corrected chi connectivity index (χ1v) is 6.91. The molecule has 0 radical (unpaired) electrons. The van der Waals surface area contributed by atoms with Crippen molar-refractivity contribution in [1.82, 2.24) is 0 Å². The van der Waals surface area contributed by atoms with Gasteiger partial charge in [-0.25, -0.2) is 8.78 Å². The molecule has 0 fully saturated rings. The molecule has 0 unspecified atom stereocenters. The van der Waals surface area contributed by atoms with Gasteiger partial charge in [-0.2, -0.15) is 0 Å². The van der Waals surface area contributed by atoms with E-state index in [9.17, 15) is 8.78 Å². The summed E-state index contributed by atoms with van der Waals surface area (Å²) in [7, 11) is 0. The summed E-state index contributed by atoms with van der Waals surface area (Å²) < 4.78 is 25.9. The van der Waals surface area contributed by atoms with Crippen LogP contribution in [-0.2, 0) is 0 Å². The van der Waals surface area contributed by atoms with Crippen LogP contribution in [0, 0.1) is 0 Å². The summed E-state index contributed by atoms with van der Waals surface area (Å²) in [6, 6.07) is 12.1. The Kier molecular flexibility index (Phi) is 4.27. The van der Waals surface area contributed by atoms with Crippen LogP contribution < -0.4 is 11.1 Å². The first-order chi connectivity index (χ1) is 9.10. The minimum Gasteiger partial charge on any atom is -0.399 e. The Morgan fingerprint density at radius 1 is 1.11 bits per heavy atom. The van der Waals surface area contributed by atoms with E-state index in [0.29, 0.717) is 11.4 Å². The van der Waals surface area contributed by atoms with Gasteiger partial charge in [0, 0.05) is 27.5 Å². The third-order valence-corrected chi connectivity index (χ3v) is 3.42. The largest absolute Gasteiger partial charge is 0.399 e.